The van der Waals surface area contributed by atoms with Gasteiger partial charge in [-0.15, -0.1) is 0 Å². The molecule has 0 amide bonds. The first-order valence-corrected chi connectivity index (χ1v) is 6.43. The van der Waals surface area contributed by atoms with Crippen molar-refractivity contribution in [2.45, 2.75) is 25.7 Å². The Morgan fingerprint density at radius 1 is 1.25 bits per heavy atom. The number of hydrogen-bond donors (Lipinski definition) is 3. The van der Waals surface area contributed by atoms with E-state index in [9.17, 15) is 14.9 Å². The average molecular weight is 282 g/mol. The number of nitrogens with zero attached hydrogens (tertiary/aromatic N) is 1. The SMILES string of the molecule is O=C(O)c1cccc(NCCCCCCO)c1[N+](=O)[O-]. The molecule has 0 aliphatic heterocycles. The number of aliphatic hydroxyl groups is 1. The molecular weight excluding hydrogens is 264 g/mol. The molecule has 0 atom stereocenters. The Kier molecular flexibility index (Phi) is 6.45. The first-order chi connectivity index (χ1) is 9.57. The summed E-state index contributed by atoms with van der Waals surface area (Å²) in [5.41, 5.74) is -0.507. The minimum atomic E-state index is -1.32. The summed E-state index contributed by atoms with van der Waals surface area (Å²) in [6, 6.07) is 4.19. The number of carboxylic acids is 1. The van der Waals surface area contributed by atoms with Gasteiger partial charge in [0.05, 0.1) is 4.92 Å². The van der Waals surface area contributed by atoms with Crippen LogP contribution in [0.3, 0.4) is 0 Å². The van der Waals surface area contributed by atoms with E-state index in [-0.39, 0.29) is 17.9 Å². The third-order valence-corrected chi connectivity index (χ3v) is 2.85. The number of aromatic carboxylic acids is 1. The number of carbonyl (C=O) groups is 1. The number of benzene rings is 1. The zero-order chi connectivity index (χ0) is 15.0. The molecule has 0 fully saturated rings. The molecule has 0 saturated carbocycles. The molecule has 0 bridgehead atoms. The van der Waals surface area contributed by atoms with Gasteiger partial charge in [-0.05, 0) is 25.0 Å². The van der Waals surface area contributed by atoms with Gasteiger partial charge in [-0.3, -0.25) is 10.1 Å². The van der Waals surface area contributed by atoms with Gasteiger partial charge in [0.2, 0.25) is 0 Å². The lowest BCUT2D eigenvalue weighted by Crippen LogP contribution is -2.08. The molecule has 0 radical (unpaired) electrons. The number of aliphatic hydroxyl groups excluding tert-OH is 1. The number of carboxylic acid groups (broad SMARTS) is 1. The lowest BCUT2D eigenvalue weighted by Gasteiger charge is -2.08. The minimum absolute atomic E-state index is 0.166. The third-order valence-electron chi connectivity index (χ3n) is 2.85. The smallest absolute Gasteiger partial charge is 0.342 e. The van der Waals surface area contributed by atoms with Crippen LogP contribution in [0.1, 0.15) is 36.0 Å². The molecule has 1 aromatic rings. The highest BCUT2D eigenvalue weighted by Crippen LogP contribution is 2.28. The number of hydrogen-bond acceptors (Lipinski definition) is 5. The van der Waals surface area contributed by atoms with Crippen LogP contribution in [0, 0.1) is 10.1 Å². The molecule has 0 aliphatic rings. The Morgan fingerprint density at radius 2 is 1.95 bits per heavy atom. The maximum absolute atomic E-state index is 11.0. The van der Waals surface area contributed by atoms with E-state index in [0.29, 0.717) is 6.54 Å². The van der Waals surface area contributed by atoms with Crippen molar-refractivity contribution < 1.29 is 19.9 Å². The van der Waals surface area contributed by atoms with Crippen molar-refractivity contribution in [3.05, 3.63) is 33.9 Å². The fourth-order valence-corrected chi connectivity index (χ4v) is 1.87. The van der Waals surface area contributed by atoms with E-state index in [0.717, 1.165) is 25.7 Å². The predicted octanol–water partition coefficient (Wildman–Crippen LogP) is 2.26. The lowest BCUT2D eigenvalue weighted by atomic mass is 10.1. The molecule has 1 rings (SSSR count). The molecule has 110 valence electrons. The molecule has 20 heavy (non-hydrogen) atoms. The number of para-hydroxylation sites is 1. The Bertz CT molecular complexity index is 476. The summed E-state index contributed by atoms with van der Waals surface area (Å²) < 4.78 is 0. The minimum Gasteiger partial charge on any atom is -0.477 e. The summed E-state index contributed by atoms with van der Waals surface area (Å²) in [5.74, 6) is -1.32. The van der Waals surface area contributed by atoms with E-state index < -0.39 is 16.6 Å². The highest BCUT2D eigenvalue weighted by Gasteiger charge is 2.23. The maximum atomic E-state index is 11.0. The van der Waals surface area contributed by atoms with Gasteiger partial charge in [-0.1, -0.05) is 18.9 Å². The van der Waals surface area contributed by atoms with Crippen molar-refractivity contribution in [1.29, 1.82) is 0 Å². The van der Waals surface area contributed by atoms with Crippen molar-refractivity contribution >= 4 is 17.3 Å². The first kappa shape index (κ1) is 15.9. The fraction of sp³-hybridized carbons (Fsp3) is 0.462. The highest BCUT2D eigenvalue weighted by atomic mass is 16.6. The second-order valence-electron chi connectivity index (χ2n) is 4.33. The van der Waals surface area contributed by atoms with Crippen molar-refractivity contribution in [2.75, 3.05) is 18.5 Å². The number of rotatable bonds is 9. The monoisotopic (exact) mass is 282 g/mol. The second kappa shape index (κ2) is 8.11. The van der Waals surface area contributed by atoms with E-state index in [1.165, 1.54) is 18.2 Å². The normalized spacial score (nSPS) is 10.2. The first-order valence-electron chi connectivity index (χ1n) is 6.43. The molecular formula is C13H18N2O5. The zero-order valence-electron chi connectivity index (χ0n) is 11.0. The summed E-state index contributed by atoms with van der Waals surface area (Å²) in [4.78, 5) is 21.3. The Morgan fingerprint density at radius 3 is 2.55 bits per heavy atom. The van der Waals surface area contributed by atoms with Crippen LogP contribution in [0.15, 0.2) is 18.2 Å². The molecule has 7 nitrogen and oxygen atoms in total. The van der Waals surface area contributed by atoms with Crippen LogP contribution in [-0.4, -0.2) is 34.3 Å². The molecule has 0 aromatic heterocycles. The van der Waals surface area contributed by atoms with Gasteiger partial charge in [-0.25, -0.2) is 4.79 Å². The van der Waals surface area contributed by atoms with Crippen LogP contribution < -0.4 is 5.32 Å². The van der Waals surface area contributed by atoms with Crippen LogP contribution in [0.5, 0.6) is 0 Å². The lowest BCUT2D eigenvalue weighted by molar-refractivity contribution is -0.384. The van der Waals surface area contributed by atoms with Gasteiger partial charge in [0.1, 0.15) is 11.3 Å². The highest BCUT2D eigenvalue weighted by molar-refractivity contribution is 5.95. The van der Waals surface area contributed by atoms with Crippen molar-refractivity contribution in [1.82, 2.24) is 0 Å². The molecule has 0 unspecified atom stereocenters. The number of nitro benzene ring substituents is 1. The molecule has 0 heterocycles. The quantitative estimate of drug-likeness (QED) is 0.364. The Hall–Kier alpha value is -2.15. The molecule has 0 spiro atoms. The second-order valence-corrected chi connectivity index (χ2v) is 4.33. The molecule has 3 N–H and O–H groups in total. The molecule has 1 aromatic carbocycles. The molecule has 7 heteroatoms. The van der Waals surface area contributed by atoms with Gasteiger partial charge in [0.15, 0.2) is 0 Å². The van der Waals surface area contributed by atoms with E-state index in [1.807, 2.05) is 0 Å². The van der Waals surface area contributed by atoms with Crippen LogP contribution >= 0.6 is 0 Å². The summed E-state index contributed by atoms with van der Waals surface area (Å²) >= 11 is 0. The number of nitro groups is 1. The van der Waals surface area contributed by atoms with E-state index in [1.54, 1.807) is 0 Å². The maximum Gasteiger partial charge on any atom is 0.342 e. The largest absolute Gasteiger partial charge is 0.477 e. The number of anilines is 1. The summed E-state index contributed by atoms with van der Waals surface area (Å²) in [7, 11) is 0. The zero-order valence-corrected chi connectivity index (χ0v) is 11.0. The fourth-order valence-electron chi connectivity index (χ4n) is 1.87. The standard InChI is InChI=1S/C13H18N2O5/c16-9-4-2-1-3-8-14-11-7-5-6-10(13(17)18)12(11)15(19)20/h5-7,14,16H,1-4,8-9H2,(H,17,18). The van der Waals surface area contributed by atoms with Crippen molar-refractivity contribution in [3.8, 4) is 0 Å². The number of nitrogens with one attached hydrogen (secondary N) is 1. The van der Waals surface area contributed by atoms with Gasteiger partial charge < -0.3 is 15.5 Å². The average Bonchev–Trinajstić information content (AvgIpc) is 2.42. The van der Waals surface area contributed by atoms with E-state index >= 15 is 0 Å². The van der Waals surface area contributed by atoms with Crippen molar-refractivity contribution in [3.63, 3.8) is 0 Å². The van der Waals surface area contributed by atoms with Crippen LogP contribution in [-0.2, 0) is 0 Å². The van der Waals surface area contributed by atoms with E-state index in [4.69, 9.17) is 10.2 Å². The van der Waals surface area contributed by atoms with Crippen LogP contribution in [0.2, 0.25) is 0 Å². The summed E-state index contributed by atoms with van der Waals surface area (Å²) in [6.45, 7) is 0.689. The Labute approximate surface area is 116 Å². The van der Waals surface area contributed by atoms with Crippen LogP contribution in [0.25, 0.3) is 0 Å². The molecule has 0 saturated heterocycles. The predicted molar refractivity (Wildman–Crippen MR) is 74.1 cm³/mol. The van der Waals surface area contributed by atoms with E-state index in [2.05, 4.69) is 5.32 Å². The third kappa shape index (κ3) is 4.51. The van der Waals surface area contributed by atoms with Gasteiger partial charge in [0.25, 0.3) is 0 Å². The van der Waals surface area contributed by atoms with Gasteiger partial charge >= 0.3 is 11.7 Å². The van der Waals surface area contributed by atoms with Gasteiger partial charge in [-0.2, -0.15) is 0 Å². The Balaban J connectivity index is 2.67. The van der Waals surface area contributed by atoms with Gasteiger partial charge in [0, 0.05) is 13.2 Å². The topological polar surface area (TPSA) is 113 Å². The summed E-state index contributed by atoms with van der Waals surface area (Å²) in [6.07, 6.45) is 3.35. The van der Waals surface area contributed by atoms with Crippen molar-refractivity contribution in [2.24, 2.45) is 0 Å². The van der Waals surface area contributed by atoms with Crippen LogP contribution in [0.4, 0.5) is 11.4 Å². The summed E-state index contributed by atoms with van der Waals surface area (Å²) in [5, 5.41) is 31.5. The number of unbranched alkanes of at least 4 members (excludes halogenated alkanes) is 3. The molecule has 0 aliphatic carbocycles.